The van der Waals surface area contributed by atoms with Crippen molar-refractivity contribution in [3.05, 3.63) is 29.8 Å². The molecule has 1 aromatic heterocycles. The summed E-state index contributed by atoms with van der Waals surface area (Å²) in [5.74, 6) is -2.24. The molecule has 1 amide bonds. The highest BCUT2D eigenvalue weighted by Gasteiger charge is 2.30. The van der Waals surface area contributed by atoms with Gasteiger partial charge >= 0.3 is 5.97 Å². The predicted octanol–water partition coefficient (Wildman–Crippen LogP) is 1.69. The number of hydrogen-bond donors (Lipinski definition) is 1. The number of likely N-dealkylation sites (tertiary alicyclic amines) is 1. The third kappa shape index (κ3) is 3.07. The summed E-state index contributed by atoms with van der Waals surface area (Å²) in [6.07, 6.45) is 3.51. The van der Waals surface area contributed by atoms with Crippen molar-refractivity contribution >= 4 is 11.9 Å². The van der Waals surface area contributed by atoms with Crippen LogP contribution in [0.4, 0.5) is 4.39 Å². The fourth-order valence-electron chi connectivity index (χ4n) is 2.38. The molecule has 0 aliphatic carbocycles. The Hall–Kier alpha value is -1.98. The molecule has 2 rings (SSSR count). The van der Waals surface area contributed by atoms with Crippen molar-refractivity contribution in [2.75, 3.05) is 6.54 Å². The van der Waals surface area contributed by atoms with E-state index in [1.165, 1.54) is 23.2 Å². The maximum atomic E-state index is 13.5. The van der Waals surface area contributed by atoms with Crippen LogP contribution >= 0.6 is 0 Å². The molecular formula is C13H15FN2O3. The summed E-state index contributed by atoms with van der Waals surface area (Å²) in [5.41, 5.74) is -0.0974. The third-order valence-corrected chi connectivity index (χ3v) is 3.29. The lowest BCUT2D eigenvalue weighted by Gasteiger charge is -2.35. The van der Waals surface area contributed by atoms with E-state index in [1.807, 2.05) is 0 Å². The Kier molecular flexibility index (Phi) is 4.09. The average molecular weight is 266 g/mol. The fraction of sp³-hybridized carbons (Fsp3) is 0.462. The molecule has 0 spiro atoms. The molecule has 0 radical (unpaired) electrons. The number of carboxylic acids is 1. The van der Waals surface area contributed by atoms with Crippen LogP contribution < -0.4 is 0 Å². The van der Waals surface area contributed by atoms with Crippen LogP contribution in [0.25, 0.3) is 0 Å². The van der Waals surface area contributed by atoms with Gasteiger partial charge in [0.15, 0.2) is 0 Å². The van der Waals surface area contributed by atoms with Crippen molar-refractivity contribution in [1.29, 1.82) is 0 Å². The summed E-state index contributed by atoms with van der Waals surface area (Å²) < 4.78 is 13.5. The molecule has 1 aliphatic heterocycles. The van der Waals surface area contributed by atoms with E-state index >= 15 is 0 Å². The highest BCUT2D eigenvalue weighted by molar-refractivity contribution is 5.94. The van der Waals surface area contributed by atoms with E-state index in [1.54, 1.807) is 0 Å². The largest absolute Gasteiger partial charge is 0.481 e. The zero-order valence-electron chi connectivity index (χ0n) is 10.4. The molecule has 1 unspecified atom stereocenters. The first kappa shape index (κ1) is 13.5. The van der Waals surface area contributed by atoms with Gasteiger partial charge in [-0.2, -0.15) is 4.39 Å². The number of carbonyl (C=O) groups is 2. The summed E-state index contributed by atoms with van der Waals surface area (Å²) in [4.78, 5) is 28.0. The van der Waals surface area contributed by atoms with Crippen LogP contribution in [0.15, 0.2) is 18.3 Å². The van der Waals surface area contributed by atoms with Crippen molar-refractivity contribution in [2.24, 2.45) is 0 Å². The maximum absolute atomic E-state index is 13.5. The lowest BCUT2D eigenvalue weighted by atomic mass is 9.98. The van der Waals surface area contributed by atoms with Crippen LogP contribution in [0, 0.1) is 5.95 Å². The van der Waals surface area contributed by atoms with E-state index in [2.05, 4.69) is 4.98 Å². The summed E-state index contributed by atoms with van der Waals surface area (Å²) in [6.45, 7) is 0.463. The number of halogens is 1. The van der Waals surface area contributed by atoms with Crippen LogP contribution in [0.5, 0.6) is 0 Å². The second-order valence-electron chi connectivity index (χ2n) is 4.59. The van der Waals surface area contributed by atoms with E-state index in [-0.39, 0.29) is 18.0 Å². The first-order chi connectivity index (χ1) is 9.09. The van der Waals surface area contributed by atoms with Crippen LogP contribution in [0.2, 0.25) is 0 Å². The molecule has 6 heteroatoms. The molecule has 0 aromatic carbocycles. The quantitative estimate of drug-likeness (QED) is 0.845. The van der Waals surface area contributed by atoms with Crippen molar-refractivity contribution in [1.82, 2.24) is 9.88 Å². The first-order valence-corrected chi connectivity index (χ1v) is 6.23. The van der Waals surface area contributed by atoms with E-state index in [9.17, 15) is 14.0 Å². The fourth-order valence-corrected chi connectivity index (χ4v) is 2.38. The summed E-state index contributed by atoms with van der Waals surface area (Å²) >= 11 is 0. The van der Waals surface area contributed by atoms with E-state index < -0.39 is 17.8 Å². The highest BCUT2D eigenvalue weighted by atomic mass is 19.1. The minimum Gasteiger partial charge on any atom is -0.481 e. The smallest absolute Gasteiger partial charge is 0.305 e. The Morgan fingerprint density at radius 1 is 1.47 bits per heavy atom. The zero-order valence-corrected chi connectivity index (χ0v) is 10.4. The molecule has 1 N–H and O–H groups in total. The zero-order chi connectivity index (χ0) is 13.8. The molecule has 19 heavy (non-hydrogen) atoms. The number of aliphatic carboxylic acids is 1. The maximum Gasteiger partial charge on any atom is 0.305 e. The van der Waals surface area contributed by atoms with Gasteiger partial charge < -0.3 is 10.0 Å². The van der Waals surface area contributed by atoms with Gasteiger partial charge in [0, 0.05) is 18.8 Å². The number of aromatic nitrogens is 1. The second-order valence-corrected chi connectivity index (χ2v) is 4.59. The SMILES string of the molecule is O=C(O)CC1CCCCN1C(=O)c1cccnc1F. The van der Waals surface area contributed by atoms with Gasteiger partial charge in [-0.3, -0.25) is 9.59 Å². The summed E-state index contributed by atoms with van der Waals surface area (Å²) in [6, 6.07) is 2.50. The molecule has 102 valence electrons. The number of piperidine rings is 1. The van der Waals surface area contributed by atoms with Crippen LogP contribution in [-0.4, -0.2) is 39.5 Å². The molecule has 1 saturated heterocycles. The molecule has 1 aromatic rings. The molecule has 0 bridgehead atoms. The van der Waals surface area contributed by atoms with E-state index in [4.69, 9.17) is 5.11 Å². The molecule has 1 atom stereocenters. The summed E-state index contributed by atoms with van der Waals surface area (Å²) in [5, 5.41) is 8.87. The van der Waals surface area contributed by atoms with Gasteiger partial charge in [0.25, 0.3) is 5.91 Å². The standard InChI is InChI=1S/C13H15FN2O3/c14-12-10(5-3-6-15-12)13(19)16-7-2-1-4-9(16)8-11(17)18/h3,5-6,9H,1-2,4,7-8H2,(H,17,18). The van der Waals surface area contributed by atoms with Gasteiger partial charge in [-0.15, -0.1) is 0 Å². The van der Waals surface area contributed by atoms with E-state index in [0.29, 0.717) is 13.0 Å². The van der Waals surface area contributed by atoms with Gasteiger partial charge in [0.2, 0.25) is 5.95 Å². The Balaban J connectivity index is 2.20. The number of nitrogens with zero attached hydrogens (tertiary/aromatic N) is 2. The minimum atomic E-state index is -0.948. The van der Waals surface area contributed by atoms with Crippen LogP contribution in [0.3, 0.4) is 0 Å². The van der Waals surface area contributed by atoms with Gasteiger partial charge in [-0.05, 0) is 31.4 Å². The van der Waals surface area contributed by atoms with Crippen molar-refractivity contribution in [2.45, 2.75) is 31.7 Å². The normalized spacial score (nSPS) is 19.2. The van der Waals surface area contributed by atoms with Gasteiger partial charge in [0.05, 0.1) is 12.0 Å². The first-order valence-electron chi connectivity index (χ1n) is 6.23. The topological polar surface area (TPSA) is 70.5 Å². The Morgan fingerprint density at radius 3 is 2.95 bits per heavy atom. The van der Waals surface area contributed by atoms with Gasteiger partial charge in [-0.1, -0.05) is 0 Å². The molecule has 2 heterocycles. The number of hydrogen-bond acceptors (Lipinski definition) is 3. The average Bonchev–Trinajstić information content (AvgIpc) is 2.38. The molecule has 0 saturated carbocycles. The monoisotopic (exact) mass is 266 g/mol. The molecule has 1 fully saturated rings. The lowest BCUT2D eigenvalue weighted by Crippen LogP contribution is -2.45. The van der Waals surface area contributed by atoms with Crippen molar-refractivity contribution < 1.29 is 19.1 Å². The number of amides is 1. The lowest BCUT2D eigenvalue weighted by molar-refractivity contribution is -0.138. The Labute approximate surface area is 110 Å². The third-order valence-electron chi connectivity index (χ3n) is 3.29. The number of carbonyl (C=O) groups excluding carboxylic acids is 1. The van der Waals surface area contributed by atoms with Gasteiger partial charge in [0.1, 0.15) is 0 Å². The van der Waals surface area contributed by atoms with E-state index in [0.717, 1.165) is 12.8 Å². The van der Waals surface area contributed by atoms with Crippen molar-refractivity contribution in [3.63, 3.8) is 0 Å². The predicted molar refractivity (Wildman–Crippen MR) is 65.1 cm³/mol. The highest BCUT2D eigenvalue weighted by Crippen LogP contribution is 2.22. The molecular weight excluding hydrogens is 251 g/mol. The molecule has 1 aliphatic rings. The van der Waals surface area contributed by atoms with Crippen LogP contribution in [0.1, 0.15) is 36.0 Å². The Bertz CT molecular complexity index is 493. The number of carboxylic acid groups (broad SMARTS) is 1. The minimum absolute atomic E-state index is 0.0974. The van der Waals surface area contributed by atoms with Gasteiger partial charge in [-0.25, -0.2) is 4.98 Å². The second kappa shape index (κ2) is 5.77. The van der Waals surface area contributed by atoms with Crippen LogP contribution in [-0.2, 0) is 4.79 Å². The summed E-state index contributed by atoms with van der Waals surface area (Å²) in [7, 11) is 0. The van der Waals surface area contributed by atoms with Crippen molar-refractivity contribution in [3.8, 4) is 0 Å². The Morgan fingerprint density at radius 2 is 2.26 bits per heavy atom. The number of rotatable bonds is 3. The molecule has 5 nitrogen and oxygen atoms in total. The number of pyridine rings is 1.